The average Bonchev–Trinajstić information content (AvgIpc) is 3.19. The lowest BCUT2D eigenvalue weighted by molar-refractivity contribution is -0.367. The molecule has 0 aliphatic carbocycles. The second-order valence-corrected chi connectivity index (χ2v) is 13.5. The number of carbonyl (C=O) groups excluding carboxylic acids is 4. The van der Waals surface area contributed by atoms with Crippen LogP contribution in [0.2, 0.25) is 0 Å². The number of ether oxygens (including phenoxy) is 11. The first kappa shape index (κ1) is 43.4. The zero-order valence-corrected chi connectivity index (χ0v) is 32.6. The molecule has 5 rings (SSSR count). The van der Waals surface area contributed by atoms with Gasteiger partial charge >= 0.3 is 23.9 Å². The van der Waals surface area contributed by atoms with Crippen LogP contribution in [0.4, 0.5) is 0 Å². The maximum atomic E-state index is 12.7. The SMILES string of the molecule is CO[C@H]1OC(COCc2ccccc2)[C@H](O[C@H]2OC(COC(C)=O)[C@@H](OC(C)=O)C(OC(C)=O)C2OC(C)=O)C(OCc2ccccc2)C1OCc1ccccc1. The van der Waals surface area contributed by atoms with E-state index in [1.165, 1.54) is 14.0 Å². The van der Waals surface area contributed by atoms with E-state index in [2.05, 4.69) is 0 Å². The average molecular weight is 795 g/mol. The number of methoxy groups -OCH3 is 1. The molecule has 0 spiro atoms. The quantitative estimate of drug-likeness (QED) is 0.132. The summed E-state index contributed by atoms with van der Waals surface area (Å²) in [6.45, 7) is 4.65. The molecule has 0 saturated carbocycles. The lowest BCUT2D eigenvalue weighted by atomic mass is 9.96. The molecule has 0 amide bonds. The Balaban J connectivity index is 1.56. The predicted octanol–water partition coefficient (Wildman–Crippen LogP) is 4.21. The van der Waals surface area contributed by atoms with Crippen molar-refractivity contribution in [2.24, 2.45) is 0 Å². The van der Waals surface area contributed by atoms with Crippen LogP contribution in [0.3, 0.4) is 0 Å². The minimum Gasteiger partial charge on any atom is -0.463 e. The highest BCUT2D eigenvalue weighted by Gasteiger charge is 2.56. The lowest BCUT2D eigenvalue weighted by Crippen LogP contribution is -2.67. The molecule has 15 heteroatoms. The Morgan fingerprint density at radius 1 is 0.491 bits per heavy atom. The van der Waals surface area contributed by atoms with Crippen LogP contribution in [0.5, 0.6) is 0 Å². The first-order valence-corrected chi connectivity index (χ1v) is 18.6. The van der Waals surface area contributed by atoms with E-state index < -0.39 is 91.9 Å². The molecule has 0 N–H and O–H groups in total. The van der Waals surface area contributed by atoms with E-state index in [0.29, 0.717) is 0 Å². The van der Waals surface area contributed by atoms with E-state index in [4.69, 9.17) is 52.1 Å². The van der Waals surface area contributed by atoms with Crippen LogP contribution in [0.25, 0.3) is 0 Å². The van der Waals surface area contributed by atoms with Crippen LogP contribution < -0.4 is 0 Å². The Morgan fingerprint density at radius 3 is 1.46 bits per heavy atom. The van der Waals surface area contributed by atoms with Gasteiger partial charge in [-0.15, -0.1) is 0 Å². The highest BCUT2D eigenvalue weighted by atomic mass is 16.8. The summed E-state index contributed by atoms with van der Waals surface area (Å²) in [6, 6.07) is 28.5. The van der Waals surface area contributed by atoms with Gasteiger partial charge in [0.05, 0.1) is 26.4 Å². The van der Waals surface area contributed by atoms with Gasteiger partial charge in [0, 0.05) is 34.8 Å². The fraction of sp³-hybridized carbons (Fsp3) is 0.476. The summed E-state index contributed by atoms with van der Waals surface area (Å²) in [5.41, 5.74) is 2.64. The largest absolute Gasteiger partial charge is 0.463 e. The number of carbonyl (C=O) groups is 4. The van der Waals surface area contributed by atoms with Gasteiger partial charge in [-0.3, -0.25) is 19.2 Å². The second-order valence-electron chi connectivity index (χ2n) is 13.5. The second kappa shape index (κ2) is 21.7. The van der Waals surface area contributed by atoms with Crippen molar-refractivity contribution in [3.05, 3.63) is 108 Å². The normalized spacial score (nSPS) is 27.2. The van der Waals surface area contributed by atoms with Gasteiger partial charge < -0.3 is 52.1 Å². The predicted molar refractivity (Wildman–Crippen MR) is 199 cm³/mol. The summed E-state index contributed by atoms with van der Waals surface area (Å²) in [5.74, 6) is -2.98. The molecule has 2 fully saturated rings. The van der Waals surface area contributed by atoms with E-state index in [-0.39, 0.29) is 26.4 Å². The molecule has 0 aromatic heterocycles. The first-order chi connectivity index (χ1) is 27.5. The Kier molecular flexibility index (Phi) is 16.5. The van der Waals surface area contributed by atoms with Crippen LogP contribution in [-0.4, -0.2) is 106 Å². The van der Waals surface area contributed by atoms with Crippen molar-refractivity contribution in [3.63, 3.8) is 0 Å². The summed E-state index contributed by atoms with van der Waals surface area (Å²) >= 11 is 0. The Morgan fingerprint density at radius 2 is 0.947 bits per heavy atom. The summed E-state index contributed by atoms with van der Waals surface area (Å²) < 4.78 is 67.2. The molecule has 10 atom stereocenters. The van der Waals surface area contributed by atoms with Gasteiger partial charge in [0.15, 0.2) is 30.9 Å². The molecule has 2 heterocycles. The minimum atomic E-state index is -1.55. The number of hydrogen-bond donors (Lipinski definition) is 0. The van der Waals surface area contributed by atoms with Crippen molar-refractivity contribution in [2.45, 2.75) is 109 Å². The van der Waals surface area contributed by atoms with E-state index in [1.54, 1.807) is 0 Å². The van der Waals surface area contributed by atoms with Gasteiger partial charge in [-0.05, 0) is 16.7 Å². The highest BCUT2D eigenvalue weighted by Crippen LogP contribution is 2.36. The van der Waals surface area contributed by atoms with Crippen LogP contribution in [0.1, 0.15) is 44.4 Å². The number of hydrogen-bond acceptors (Lipinski definition) is 15. The van der Waals surface area contributed by atoms with Crippen molar-refractivity contribution in [2.75, 3.05) is 20.3 Å². The highest BCUT2D eigenvalue weighted by molar-refractivity contribution is 5.68. The van der Waals surface area contributed by atoms with Gasteiger partial charge in [-0.1, -0.05) is 91.0 Å². The van der Waals surface area contributed by atoms with Crippen molar-refractivity contribution in [1.29, 1.82) is 0 Å². The lowest BCUT2D eigenvalue weighted by Gasteiger charge is -2.49. The molecule has 3 aromatic rings. The number of benzene rings is 3. The smallest absolute Gasteiger partial charge is 0.303 e. The van der Waals surface area contributed by atoms with E-state index in [9.17, 15) is 19.2 Å². The van der Waals surface area contributed by atoms with Crippen LogP contribution in [-0.2, 0) is 91.1 Å². The molecule has 3 aromatic carbocycles. The molecule has 2 aliphatic rings. The van der Waals surface area contributed by atoms with Crippen molar-refractivity contribution < 1.29 is 71.3 Å². The zero-order valence-electron chi connectivity index (χ0n) is 32.6. The summed E-state index contributed by atoms with van der Waals surface area (Å²) in [7, 11) is 1.49. The van der Waals surface area contributed by atoms with Gasteiger partial charge in [0.1, 0.15) is 37.1 Å². The summed E-state index contributed by atoms with van der Waals surface area (Å²) in [5, 5.41) is 0. The van der Waals surface area contributed by atoms with Gasteiger partial charge in [0.25, 0.3) is 0 Å². The standard InChI is InChI=1S/C42H50O15/c1-26(43)49-25-34-36(52-27(2)44)38(53-28(3)45)40(54-29(4)46)42(56-34)57-35-33(24-48-21-30-15-9-6-10-16-30)55-41(47-5)39(51-23-32-19-13-8-14-20-32)37(35)50-22-31-17-11-7-12-18-31/h6-20,33-42H,21-25H2,1-5H3/t33?,34?,35-,36+,37?,38?,39?,40?,41-,42+/m0/s1. The first-order valence-electron chi connectivity index (χ1n) is 18.6. The molecule has 15 nitrogen and oxygen atoms in total. The van der Waals surface area contributed by atoms with E-state index >= 15 is 0 Å². The monoisotopic (exact) mass is 794 g/mol. The summed E-state index contributed by atoms with van der Waals surface area (Å²) in [6.07, 6.45) is -12.1. The topological polar surface area (TPSA) is 170 Å². The van der Waals surface area contributed by atoms with Crippen LogP contribution >= 0.6 is 0 Å². The van der Waals surface area contributed by atoms with E-state index in [0.717, 1.165) is 37.5 Å². The Bertz CT molecular complexity index is 1710. The zero-order chi connectivity index (χ0) is 40.7. The Labute approximate surface area is 331 Å². The molecule has 2 saturated heterocycles. The third kappa shape index (κ3) is 12.9. The van der Waals surface area contributed by atoms with Gasteiger partial charge in [-0.2, -0.15) is 0 Å². The van der Waals surface area contributed by atoms with Crippen molar-refractivity contribution in [1.82, 2.24) is 0 Å². The van der Waals surface area contributed by atoms with Crippen LogP contribution in [0.15, 0.2) is 91.0 Å². The molecule has 0 radical (unpaired) electrons. The number of esters is 4. The van der Waals surface area contributed by atoms with Gasteiger partial charge in [0.2, 0.25) is 0 Å². The molecule has 0 bridgehead atoms. The molecule has 6 unspecified atom stereocenters. The van der Waals surface area contributed by atoms with E-state index in [1.807, 2.05) is 91.0 Å². The van der Waals surface area contributed by atoms with Gasteiger partial charge in [-0.25, -0.2) is 0 Å². The van der Waals surface area contributed by atoms with Crippen molar-refractivity contribution >= 4 is 23.9 Å². The van der Waals surface area contributed by atoms with Crippen molar-refractivity contribution in [3.8, 4) is 0 Å². The summed E-state index contributed by atoms with van der Waals surface area (Å²) in [4.78, 5) is 49.5. The maximum absolute atomic E-state index is 12.7. The molecule has 308 valence electrons. The van der Waals surface area contributed by atoms with Crippen LogP contribution in [0, 0.1) is 0 Å². The molecule has 2 aliphatic heterocycles. The Hall–Kier alpha value is -4.74. The molecular weight excluding hydrogens is 744 g/mol. The molecular formula is C42H50O15. The molecule has 57 heavy (non-hydrogen) atoms. The fourth-order valence-electron chi connectivity index (χ4n) is 6.59. The third-order valence-electron chi connectivity index (χ3n) is 9.03. The fourth-order valence-corrected chi connectivity index (χ4v) is 6.59. The minimum absolute atomic E-state index is 0.0404. The number of rotatable bonds is 18. The maximum Gasteiger partial charge on any atom is 0.303 e. The third-order valence-corrected chi connectivity index (χ3v) is 9.03.